The average molecular weight is 229 g/mol. The van der Waals surface area contributed by atoms with Crippen molar-refractivity contribution in [2.75, 3.05) is 6.54 Å². The van der Waals surface area contributed by atoms with Crippen LogP contribution in [0.5, 0.6) is 0 Å². The first-order valence-corrected chi connectivity index (χ1v) is 5.52. The first kappa shape index (κ1) is 13.0. The molecule has 0 unspecified atom stereocenters. The SMILES string of the molecule is CC(C)(O)CNC(=O)[C@@H]1CC[C@H](C(=O)O)C1. The predicted octanol–water partition coefficient (Wildman–Crippen LogP) is 0.374. The van der Waals surface area contributed by atoms with E-state index >= 15 is 0 Å². The summed E-state index contributed by atoms with van der Waals surface area (Å²) in [4.78, 5) is 22.4. The third kappa shape index (κ3) is 3.81. The van der Waals surface area contributed by atoms with E-state index in [-0.39, 0.29) is 18.4 Å². The molecule has 2 atom stereocenters. The van der Waals surface area contributed by atoms with Crippen LogP contribution in [0.15, 0.2) is 0 Å². The van der Waals surface area contributed by atoms with Gasteiger partial charge < -0.3 is 15.5 Å². The lowest BCUT2D eigenvalue weighted by Gasteiger charge is -2.19. The van der Waals surface area contributed by atoms with Gasteiger partial charge in [0.15, 0.2) is 0 Å². The number of carbonyl (C=O) groups excluding carboxylic acids is 1. The first-order chi connectivity index (χ1) is 7.29. The summed E-state index contributed by atoms with van der Waals surface area (Å²) in [5.41, 5.74) is -0.930. The molecule has 5 heteroatoms. The largest absolute Gasteiger partial charge is 0.481 e. The Labute approximate surface area is 94.8 Å². The van der Waals surface area contributed by atoms with Crippen molar-refractivity contribution in [3.8, 4) is 0 Å². The van der Waals surface area contributed by atoms with E-state index in [1.54, 1.807) is 13.8 Å². The first-order valence-electron chi connectivity index (χ1n) is 5.52. The molecule has 1 saturated carbocycles. The topological polar surface area (TPSA) is 86.6 Å². The van der Waals surface area contributed by atoms with Crippen LogP contribution < -0.4 is 5.32 Å². The Morgan fingerprint density at radius 2 is 1.88 bits per heavy atom. The van der Waals surface area contributed by atoms with Gasteiger partial charge in [-0.15, -0.1) is 0 Å². The number of carbonyl (C=O) groups is 2. The summed E-state index contributed by atoms with van der Waals surface area (Å²) >= 11 is 0. The van der Waals surface area contributed by atoms with E-state index in [0.29, 0.717) is 19.3 Å². The van der Waals surface area contributed by atoms with Gasteiger partial charge in [0.05, 0.1) is 11.5 Å². The van der Waals surface area contributed by atoms with E-state index in [1.165, 1.54) is 0 Å². The summed E-state index contributed by atoms with van der Waals surface area (Å²) in [5, 5.41) is 20.9. The molecule has 0 aromatic rings. The fourth-order valence-corrected chi connectivity index (χ4v) is 1.89. The lowest BCUT2D eigenvalue weighted by Crippen LogP contribution is -2.40. The highest BCUT2D eigenvalue weighted by atomic mass is 16.4. The molecule has 0 spiro atoms. The zero-order chi connectivity index (χ0) is 12.3. The Hall–Kier alpha value is -1.10. The number of aliphatic carboxylic acids is 1. The maximum absolute atomic E-state index is 11.6. The zero-order valence-corrected chi connectivity index (χ0v) is 9.69. The van der Waals surface area contributed by atoms with Gasteiger partial charge in [0, 0.05) is 12.5 Å². The van der Waals surface area contributed by atoms with Crippen LogP contribution in [0.25, 0.3) is 0 Å². The summed E-state index contributed by atoms with van der Waals surface area (Å²) in [6.45, 7) is 3.42. The van der Waals surface area contributed by atoms with E-state index in [9.17, 15) is 14.7 Å². The van der Waals surface area contributed by atoms with Gasteiger partial charge in [-0.2, -0.15) is 0 Å². The minimum absolute atomic E-state index is 0.147. The molecule has 16 heavy (non-hydrogen) atoms. The standard InChI is InChI=1S/C11H19NO4/c1-11(2,16)6-12-9(13)7-3-4-8(5-7)10(14)15/h7-8,16H,3-6H2,1-2H3,(H,12,13)(H,14,15)/t7-,8+/m1/s1. The van der Waals surface area contributed by atoms with Gasteiger partial charge >= 0.3 is 5.97 Å². The summed E-state index contributed by atoms with van der Waals surface area (Å²) in [6, 6.07) is 0. The van der Waals surface area contributed by atoms with Gasteiger partial charge in [0.25, 0.3) is 0 Å². The fourth-order valence-electron chi connectivity index (χ4n) is 1.89. The minimum Gasteiger partial charge on any atom is -0.481 e. The Morgan fingerprint density at radius 1 is 1.31 bits per heavy atom. The maximum Gasteiger partial charge on any atom is 0.306 e. The molecule has 0 saturated heterocycles. The molecule has 3 N–H and O–H groups in total. The molecule has 1 aliphatic carbocycles. The monoisotopic (exact) mass is 229 g/mol. The van der Waals surface area contributed by atoms with Crippen LogP contribution in [0.3, 0.4) is 0 Å². The third-order valence-corrected chi connectivity index (χ3v) is 2.85. The van der Waals surface area contributed by atoms with Crippen molar-refractivity contribution in [1.29, 1.82) is 0 Å². The van der Waals surface area contributed by atoms with Crippen LogP contribution in [-0.4, -0.2) is 34.2 Å². The molecule has 0 aromatic heterocycles. The normalized spacial score (nSPS) is 25.4. The minimum atomic E-state index is -0.930. The molecule has 1 aliphatic rings. The molecule has 1 amide bonds. The third-order valence-electron chi connectivity index (χ3n) is 2.85. The van der Waals surface area contributed by atoms with Crippen molar-refractivity contribution >= 4 is 11.9 Å². The lowest BCUT2D eigenvalue weighted by molar-refractivity contribution is -0.141. The second-order valence-corrected chi connectivity index (χ2v) is 5.08. The second kappa shape index (κ2) is 4.82. The maximum atomic E-state index is 11.6. The van der Waals surface area contributed by atoms with Crippen molar-refractivity contribution in [2.45, 2.75) is 38.7 Å². The number of nitrogens with one attached hydrogen (secondary N) is 1. The van der Waals surface area contributed by atoms with Crippen molar-refractivity contribution in [1.82, 2.24) is 5.32 Å². The Bertz CT molecular complexity index is 282. The summed E-state index contributed by atoms with van der Waals surface area (Å²) in [6.07, 6.45) is 1.59. The van der Waals surface area contributed by atoms with Crippen LogP contribution >= 0.6 is 0 Å². The molecule has 0 heterocycles. The summed E-state index contributed by atoms with van der Waals surface area (Å²) in [7, 11) is 0. The number of carboxylic acids is 1. The number of hydrogen-bond acceptors (Lipinski definition) is 3. The molecule has 0 aromatic carbocycles. The van der Waals surface area contributed by atoms with E-state index in [1.807, 2.05) is 0 Å². The van der Waals surface area contributed by atoms with Crippen molar-refractivity contribution in [3.63, 3.8) is 0 Å². The highest BCUT2D eigenvalue weighted by Crippen LogP contribution is 2.31. The van der Waals surface area contributed by atoms with Crippen molar-refractivity contribution in [3.05, 3.63) is 0 Å². The van der Waals surface area contributed by atoms with Gasteiger partial charge in [0.1, 0.15) is 0 Å². The molecule has 1 fully saturated rings. The smallest absolute Gasteiger partial charge is 0.306 e. The van der Waals surface area contributed by atoms with E-state index in [0.717, 1.165) is 0 Å². The average Bonchev–Trinajstić information content (AvgIpc) is 2.61. The fraction of sp³-hybridized carbons (Fsp3) is 0.818. The number of hydrogen-bond donors (Lipinski definition) is 3. The molecule has 1 rings (SSSR count). The van der Waals surface area contributed by atoms with E-state index in [4.69, 9.17) is 5.11 Å². The van der Waals surface area contributed by atoms with Crippen LogP contribution in [0.1, 0.15) is 33.1 Å². The molecular weight excluding hydrogens is 210 g/mol. The number of rotatable bonds is 4. The lowest BCUT2D eigenvalue weighted by atomic mass is 10.0. The predicted molar refractivity (Wildman–Crippen MR) is 57.8 cm³/mol. The van der Waals surface area contributed by atoms with Crippen LogP contribution in [0.4, 0.5) is 0 Å². The van der Waals surface area contributed by atoms with Gasteiger partial charge in [0.2, 0.25) is 5.91 Å². The van der Waals surface area contributed by atoms with Crippen LogP contribution in [0, 0.1) is 11.8 Å². The summed E-state index contributed by atoms with van der Waals surface area (Å²) < 4.78 is 0. The van der Waals surface area contributed by atoms with Crippen LogP contribution in [-0.2, 0) is 9.59 Å². The molecule has 0 bridgehead atoms. The van der Waals surface area contributed by atoms with Gasteiger partial charge in [-0.1, -0.05) is 0 Å². The molecule has 92 valence electrons. The Morgan fingerprint density at radius 3 is 2.31 bits per heavy atom. The zero-order valence-electron chi connectivity index (χ0n) is 9.69. The number of aliphatic hydroxyl groups is 1. The molecule has 0 radical (unpaired) electrons. The molecule has 5 nitrogen and oxygen atoms in total. The summed E-state index contributed by atoms with van der Waals surface area (Å²) in [5.74, 6) is -1.58. The van der Waals surface area contributed by atoms with Crippen LogP contribution in [0.2, 0.25) is 0 Å². The second-order valence-electron chi connectivity index (χ2n) is 5.08. The highest BCUT2D eigenvalue weighted by molar-refractivity contribution is 5.80. The highest BCUT2D eigenvalue weighted by Gasteiger charge is 2.34. The van der Waals surface area contributed by atoms with Gasteiger partial charge in [-0.05, 0) is 33.1 Å². The van der Waals surface area contributed by atoms with E-state index < -0.39 is 17.5 Å². The van der Waals surface area contributed by atoms with Crippen molar-refractivity contribution in [2.24, 2.45) is 11.8 Å². The number of amides is 1. The van der Waals surface area contributed by atoms with Gasteiger partial charge in [-0.3, -0.25) is 9.59 Å². The van der Waals surface area contributed by atoms with Gasteiger partial charge in [-0.25, -0.2) is 0 Å². The Balaban J connectivity index is 2.37. The molecular formula is C11H19NO4. The quantitative estimate of drug-likeness (QED) is 0.650. The van der Waals surface area contributed by atoms with E-state index in [2.05, 4.69) is 5.32 Å². The molecule has 0 aliphatic heterocycles. The Kier molecular flexibility index (Phi) is 3.91. The number of carboxylic acid groups (broad SMARTS) is 1. The van der Waals surface area contributed by atoms with Crippen molar-refractivity contribution < 1.29 is 19.8 Å².